The quantitative estimate of drug-likeness (QED) is 0.529. The zero-order valence-electron chi connectivity index (χ0n) is 20.2. The Kier molecular flexibility index (Phi) is 8.14. The summed E-state index contributed by atoms with van der Waals surface area (Å²) >= 11 is 0. The molecule has 0 radical (unpaired) electrons. The molecule has 0 aliphatic rings. The minimum Gasteiger partial charge on any atom is -0.467 e. The predicted octanol–water partition coefficient (Wildman–Crippen LogP) is 3.98. The lowest BCUT2D eigenvalue weighted by Crippen LogP contribution is -2.37. The molecule has 0 aliphatic heterocycles. The van der Waals surface area contributed by atoms with Crippen LogP contribution >= 0.6 is 0 Å². The number of carbonyl (C=O) groups is 2. The summed E-state index contributed by atoms with van der Waals surface area (Å²) in [6, 6.07) is 0.173. The van der Waals surface area contributed by atoms with Crippen molar-refractivity contribution in [2.75, 3.05) is 20.2 Å². The molecule has 0 N–H and O–H groups in total. The van der Waals surface area contributed by atoms with Gasteiger partial charge in [0.15, 0.2) is 11.5 Å². The number of aromatic nitrogens is 4. The van der Waals surface area contributed by atoms with Crippen LogP contribution in [0.25, 0.3) is 11.2 Å². The first kappa shape index (κ1) is 24.8. The standard InChI is InChI=1S/C23H37N5O3/c1-15(2)9-11-27(12-10-16(3)4)18(29)14-28-20-17(13-24-22(26-20)31-8)25-21(28)19(30)23(5,6)7/h13,15-16H,9-12,14H2,1-8H3. The third-order valence-electron chi connectivity index (χ3n) is 5.13. The Balaban J connectivity index is 2.45. The first-order valence-electron chi connectivity index (χ1n) is 11.0. The van der Waals surface area contributed by atoms with E-state index in [9.17, 15) is 9.59 Å². The van der Waals surface area contributed by atoms with Gasteiger partial charge >= 0.3 is 6.01 Å². The number of imidazole rings is 1. The van der Waals surface area contributed by atoms with Gasteiger partial charge in [0.25, 0.3) is 0 Å². The molecule has 2 aromatic rings. The van der Waals surface area contributed by atoms with E-state index < -0.39 is 5.41 Å². The molecule has 1 amide bonds. The molecule has 0 bridgehead atoms. The highest BCUT2D eigenvalue weighted by Gasteiger charge is 2.30. The lowest BCUT2D eigenvalue weighted by Gasteiger charge is -2.25. The molecule has 2 aromatic heterocycles. The highest BCUT2D eigenvalue weighted by atomic mass is 16.5. The van der Waals surface area contributed by atoms with Crippen molar-refractivity contribution in [2.24, 2.45) is 17.3 Å². The molecule has 172 valence electrons. The topological polar surface area (TPSA) is 90.2 Å². The summed E-state index contributed by atoms with van der Waals surface area (Å²) in [5.74, 6) is 1.04. The maximum atomic E-state index is 13.3. The maximum absolute atomic E-state index is 13.3. The van der Waals surface area contributed by atoms with Crippen LogP contribution in [0, 0.1) is 17.3 Å². The molecule has 0 saturated carbocycles. The van der Waals surface area contributed by atoms with Crippen LogP contribution in [0.3, 0.4) is 0 Å². The molecule has 0 aromatic carbocycles. The minimum atomic E-state index is -0.644. The highest BCUT2D eigenvalue weighted by Crippen LogP contribution is 2.24. The van der Waals surface area contributed by atoms with Gasteiger partial charge in [-0.3, -0.25) is 14.2 Å². The summed E-state index contributed by atoms with van der Waals surface area (Å²) in [7, 11) is 1.48. The highest BCUT2D eigenvalue weighted by molar-refractivity contribution is 5.99. The molecule has 31 heavy (non-hydrogen) atoms. The molecule has 0 spiro atoms. The molecular formula is C23H37N5O3. The second kappa shape index (κ2) is 10.2. The van der Waals surface area contributed by atoms with E-state index >= 15 is 0 Å². The van der Waals surface area contributed by atoms with Gasteiger partial charge in [0.2, 0.25) is 11.7 Å². The molecule has 2 heterocycles. The number of Topliss-reactive ketones (excluding diaryl/α,β-unsaturated/α-hetero) is 1. The van der Waals surface area contributed by atoms with Crippen molar-refractivity contribution in [1.82, 2.24) is 24.4 Å². The van der Waals surface area contributed by atoms with Crippen molar-refractivity contribution < 1.29 is 14.3 Å². The van der Waals surface area contributed by atoms with E-state index in [1.807, 2.05) is 25.7 Å². The average molecular weight is 432 g/mol. The number of hydrogen-bond acceptors (Lipinski definition) is 6. The Morgan fingerprint density at radius 2 is 1.65 bits per heavy atom. The van der Waals surface area contributed by atoms with E-state index in [1.165, 1.54) is 13.3 Å². The van der Waals surface area contributed by atoms with E-state index in [4.69, 9.17) is 4.74 Å². The first-order chi connectivity index (χ1) is 14.4. The van der Waals surface area contributed by atoms with Crippen LogP contribution in [0.1, 0.15) is 71.9 Å². The summed E-state index contributed by atoms with van der Waals surface area (Å²) in [5.41, 5.74) is 0.256. The van der Waals surface area contributed by atoms with Crippen molar-refractivity contribution in [3.8, 4) is 6.01 Å². The van der Waals surface area contributed by atoms with E-state index in [2.05, 4.69) is 42.6 Å². The van der Waals surface area contributed by atoms with Crippen LogP contribution in [0.5, 0.6) is 6.01 Å². The van der Waals surface area contributed by atoms with Gasteiger partial charge in [-0.25, -0.2) is 9.97 Å². The van der Waals surface area contributed by atoms with Gasteiger partial charge in [0.05, 0.1) is 13.3 Å². The molecule has 0 atom stereocenters. The molecular weight excluding hydrogens is 394 g/mol. The van der Waals surface area contributed by atoms with Gasteiger partial charge in [0, 0.05) is 18.5 Å². The lowest BCUT2D eigenvalue weighted by molar-refractivity contribution is -0.132. The SMILES string of the molecule is COc1ncc2nc(C(=O)C(C)(C)C)n(CC(=O)N(CCC(C)C)CCC(C)C)c2n1. The molecule has 0 fully saturated rings. The van der Waals surface area contributed by atoms with Crippen LogP contribution in [0.4, 0.5) is 0 Å². The van der Waals surface area contributed by atoms with Crippen molar-refractivity contribution in [2.45, 2.75) is 67.9 Å². The average Bonchev–Trinajstić information content (AvgIpc) is 3.03. The predicted molar refractivity (Wildman–Crippen MR) is 121 cm³/mol. The number of amides is 1. The number of rotatable bonds is 10. The second-order valence-electron chi connectivity index (χ2n) is 9.91. The Bertz CT molecular complexity index is 900. The van der Waals surface area contributed by atoms with Crippen molar-refractivity contribution in [3.05, 3.63) is 12.0 Å². The van der Waals surface area contributed by atoms with Gasteiger partial charge in [-0.1, -0.05) is 48.5 Å². The Morgan fingerprint density at radius 3 is 2.13 bits per heavy atom. The van der Waals surface area contributed by atoms with E-state index in [0.717, 1.165) is 12.8 Å². The number of nitrogens with zero attached hydrogens (tertiary/aromatic N) is 5. The number of ketones is 1. The van der Waals surface area contributed by atoms with Crippen molar-refractivity contribution >= 4 is 22.9 Å². The normalized spacial score (nSPS) is 12.1. The van der Waals surface area contributed by atoms with Crippen LogP contribution < -0.4 is 4.74 Å². The van der Waals surface area contributed by atoms with Crippen LogP contribution in [0.2, 0.25) is 0 Å². The Labute approximate surface area is 185 Å². The minimum absolute atomic E-state index is 0.00398. The van der Waals surface area contributed by atoms with E-state index in [1.54, 1.807) is 4.57 Å². The summed E-state index contributed by atoms with van der Waals surface area (Å²) in [6.07, 6.45) is 3.38. The van der Waals surface area contributed by atoms with Crippen LogP contribution in [-0.4, -0.2) is 56.3 Å². The summed E-state index contributed by atoms with van der Waals surface area (Å²) in [6.45, 7) is 15.5. The number of ether oxygens (including phenoxy) is 1. The summed E-state index contributed by atoms with van der Waals surface area (Å²) < 4.78 is 6.77. The number of methoxy groups -OCH3 is 1. The second-order valence-corrected chi connectivity index (χ2v) is 9.91. The number of carbonyl (C=O) groups excluding carboxylic acids is 2. The fraction of sp³-hybridized carbons (Fsp3) is 0.696. The smallest absolute Gasteiger partial charge is 0.318 e. The van der Waals surface area contributed by atoms with Gasteiger partial charge in [-0.15, -0.1) is 0 Å². The molecule has 0 saturated heterocycles. The van der Waals surface area contributed by atoms with Gasteiger partial charge < -0.3 is 9.64 Å². The van der Waals surface area contributed by atoms with Gasteiger partial charge in [-0.2, -0.15) is 4.98 Å². The first-order valence-corrected chi connectivity index (χ1v) is 11.0. The summed E-state index contributed by atoms with van der Waals surface area (Å²) in [4.78, 5) is 41.3. The zero-order chi connectivity index (χ0) is 23.3. The van der Waals surface area contributed by atoms with E-state index in [0.29, 0.717) is 36.1 Å². The van der Waals surface area contributed by atoms with Crippen LogP contribution in [0.15, 0.2) is 6.20 Å². The monoisotopic (exact) mass is 431 g/mol. The number of fused-ring (bicyclic) bond motifs is 1. The van der Waals surface area contributed by atoms with Gasteiger partial charge in [-0.05, 0) is 24.7 Å². The molecule has 8 nitrogen and oxygen atoms in total. The fourth-order valence-corrected chi connectivity index (χ4v) is 3.08. The zero-order valence-corrected chi connectivity index (χ0v) is 20.2. The number of hydrogen-bond donors (Lipinski definition) is 0. The van der Waals surface area contributed by atoms with Crippen molar-refractivity contribution in [1.29, 1.82) is 0 Å². The summed E-state index contributed by atoms with van der Waals surface area (Å²) in [5, 5.41) is 0. The Hall–Kier alpha value is -2.51. The molecule has 0 aliphatic carbocycles. The largest absolute Gasteiger partial charge is 0.467 e. The molecule has 8 heteroatoms. The Morgan fingerprint density at radius 1 is 1.06 bits per heavy atom. The third-order valence-corrected chi connectivity index (χ3v) is 5.13. The molecule has 2 rings (SSSR count). The maximum Gasteiger partial charge on any atom is 0.318 e. The van der Waals surface area contributed by atoms with Crippen LogP contribution in [-0.2, 0) is 11.3 Å². The van der Waals surface area contributed by atoms with Crippen molar-refractivity contribution in [3.63, 3.8) is 0 Å². The van der Waals surface area contributed by atoms with E-state index in [-0.39, 0.29) is 30.1 Å². The third kappa shape index (κ3) is 6.48. The lowest BCUT2D eigenvalue weighted by atomic mass is 9.90. The fourth-order valence-electron chi connectivity index (χ4n) is 3.08. The molecule has 0 unspecified atom stereocenters. The van der Waals surface area contributed by atoms with Gasteiger partial charge in [0.1, 0.15) is 12.1 Å².